The fourth-order valence-electron chi connectivity index (χ4n) is 2.69. The van der Waals surface area contributed by atoms with Gasteiger partial charge in [0.2, 0.25) is 0 Å². The van der Waals surface area contributed by atoms with Gasteiger partial charge in [-0.05, 0) is 85.5 Å². The van der Waals surface area contributed by atoms with Gasteiger partial charge >= 0.3 is 0 Å². The van der Waals surface area contributed by atoms with Gasteiger partial charge in [0, 0.05) is 17.7 Å². The monoisotopic (exact) mass is 586 g/mol. The lowest BCUT2D eigenvalue weighted by Gasteiger charge is -2.09. The maximum absolute atomic E-state index is 12.8. The standard InChI is InChI=1S/C23H16Br2N4O5/c24-18-10-15(11-19(25)21(18)30)13-26-28-23(32)20(27-22(31)16-4-2-1-3-5-16)12-14-6-8-17(9-7-14)29(33)34/h1-13,30H,(H,27,31)(H,28,32)/b20-12+,26-13?. The van der Waals surface area contributed by atoms with E-state index in [1.54, 1.807) is 42.5 Å². The molecule has 0 spiro atoms. The summed E-state index contributed by atoms with van der Waals surface area (Å²) in [6, 6.07) is 17.0. The summed E-state index contributed by atoms with van der Waals surface area (Å²) in [5, 5.41) is 27.1. The van der Waals surface area contributed by atoms with Gasteiger partial charge in [-0.1, -0.05) is 18.2 Å². The normalized spacial score (nSPS) is 11.3. The van der Waals surface area contributed by atoms with Crippen LogP contribution in [-0.4, -0.2) is 28.1 Å². The van der Waals surface area contributed by atoms with E-state index in [4.69, 9.17) is 0 Å². The molecule has 3 rings (SSSR count). The molecular formula is C23H16Br2N4O5. The van der Waals surface area contributed by atoms with Crippen molar-refractivity contribution in [3.05, 3.63) is 108 Å². The fraction of sp³-hybridized carbons (Fsp3) is 0. The lowest BCUT2D eigenvalue weighted by atomic mass is 10.1. The third kappa shape index (κ3) is 6.59. The molecule has 11 heteroatoms. The molecule has 0 saturated heterocycles. The highest BCUT2D eigenvalue weighted by Crippen LogP contribution is 2.32. The lowest BCUT2D eigenvalue weighted by molar-refractivity contribution is -0.384. The number of phenolic OH excluding ortho intramolecular Hbond substituents is 1. The highest BCUT2D eigenvalue weighted by atomic mass is 79.9. The van der Waals surface area contributed by atoms with Crippen molar-refractivity contribution < 1.29 is 19.6 Å². The van der Waals surface area contributed by atoms with Crippen molar-refractivity contribution in [2.45, 2.75) is 0 Å². The lowest BCUT2D eigenvalue weighted by Crippen LogP contribution is -2.32. The van der Waals surface area contributed by atoms with Gasteiger partial charge in [-0.25, -0.2) is 5.43 Å². The van der Waals surface area contributed by atoms with Crippen LogP contribution in [0.25, 0.3) is 6.08 Å². The van der Waals surface area contributed by atoms with Crippen molar-refractivity contribution in [1.29, 1.82) is 0 Å². The number of halogens is 2. The molecule has 0 atom stereocenters. The van der Waals surface area contributed by atoms with Crippen LogP contribution in [0.1, 0.15) is 21.5 Å². The molecule has 9 nitrogen and oxygen atoms in total. The first-order chi connectivity index (χ1) is 16.2. The van der Waals surface area contributed by atoms with Crippen molar-refractivity contribution in [2.24, 2.45) is 5.10 Å². The highest BCUT2D eigenvalue weighted by Gasteiger charge is 2.15. The number of hydrazone groups is 1. The molecule has 0 aromatic heterocycles. The number of benzene rings is 3. The number of nitro benzene ring substituents is 1. The molecule has 0 radical (unpaired) electrons. The summed E-state index contributed by atoms with van der Waals surface area (Å²) in [6.45, 7) is 0. The molecule has 0 aliphatic carbocycles. The molecule has 0 aliphatic rings. The van der Waals surface area contributed by atoms with Crippen molar-refractivity contribution >= 4 is 61.7 Å². The zero-order valence-electron chi connectivity index (χ0n) is 17.2. The first-order valence-corrected chi connectivity index (χ1v) is 11.2. The molecule has 3 N–H and O–H groups in total. The number of rotatable bonds is 7. The maximum atomic E-state index is 12.8. The Balaban J connectivity index is 1.83. The van der Waals surface area contributed by atoms with Crippen LogP contribution in [0.5, 0.6) is 5.75 Å². The van der Waals surface area contributed by atoms with Crippen molar-refractivity contribution in [3.8, 4) is 5.75 Å². The van der Waals surface area contributed by atoms with Crippen molar-refractivity contribution in [1.82, 2.24) is 10.7 Å². The second-order valence-corrected chi connectivity index (χ2v) is 8.47. The van der Waals surface area contributed by atoms with Gasteiger partial charge in [0.25, 0.3) is 17.5 Å². The van der Waals surface area contributed by atoms with Crippen LogP contribution in [0.4, 0.5) is 5.69 Å². The van der Waals surface area contributed by atoms with E-state index in [0.717, 1.165) is 0 Å². The minimum Gasteiger partial charge on any atom is -0.506 e. The summed E-state index contributed by atoms with van der Waals surface area (Å²) >= 11 is 6.43. The molecule has 0 unspecified atom stereocenters. The smallest absolute Gasteiger partial charge is 0.287 e. The summed E-state index contributed by atoms with van der Waals surface area (Å²) in [4.78, 5) is 35.7. The first-order valence-electron chi connectivity index (χ1n) is 9.58. The highest BCUT2D eigenvalue weighted by molar-refractivity contribution is 9.11. The van der Waals surface area contributed by atoms with E-state index in [1.165, 1.54) is 36.6 Å². The number of nitrogens with one attached hydrogen (secondary N) is 2. The van der Waals surface area contributed by atoms with Crippen LogP contribution in [0.3, 0.4) is 0 Å². The molecule has 3 aromatic carbocycles. The number of carbonyl (C=O) groups excluding carboxylic acids is 2. The van der Waals surface area contributed by atoms with Gasteiger partial charge in [-0.2, -0.15) is 5.10 Å². The number of amides is 2. The molecule has 172 valence electrons. The Hall–Kier alpha value is -3.83. The Morgan fingerprint density at radius 2 is 1.59 bits per heavy atom. The average Bonchev–Trinajstić information content (AvgIpc) is 2.82. The maximum Gasteiger partial charge on any atom is 0.287 e. The first kappa shape index (κ1) is 24.8. The van der Waals surface area contributed by atoms with E-state index < -0.39 is 16.7 Å². The second-order valence-electron chi connectivity index (χ2n) is 6.76. The number of aromatic hydroxyl groups is 1. The van der Waals surface area contributed by atoms with Gasteiger partial charge in [0.05, 0.1) is 20.1 Å². The molecule has 0 heterocycles. The summed E-state index contributed by atoms with van der Waals surface area (Å²) in [6.07, 6.45) is 2.73. The van der Waals surface area contributed by atoms with Crippen LogP contribution in [0.2, 0.25) is 0 Å². The second kappa shape index (κ2) is 11.3. The third-order valence-corrected chi connectivity index (χ3v) is 5.57. The molecule has 34 heavy (non-hydrogen) atoms. The van der Waals surface area contributed by atoms with E-state index in [1.807, 2.05) is 0 Å². The van der Waals surface area contributed by atoms with Gasteiger partial charge in [-0.15, -0.1) is 0 Å². The van der Waals surface area contributed by atoms with Crippen molar-refractivity contribution in [3.63, 3.8) is 0 Å². The largest absolute Gasteiger partial charge is 0.506 e. The van der Waals surface area contributed by atoms with Crippen LogP contribution in [0, 0.1) is 10.1 Å². The van der Waals surface area contributed by atoms with E-state index >= 15 is 0 Å². The third-order valence-electron chi connectivity index (χ3n) is 4.36. The average molecular weight is 588 g/mol. The Labute approximate surface area is 210 Å². The van der Waals surface area contributed by atoms with E-state index in [0.29, 0.717) is 25.6 Å². The van der Waals surface area contributed by atoms with Crippen LogP contribution < -0.4 is 10.7 Å². The zero-order chi connectivity index (χ0) is 24.7. The number of hydrogen-bond donors (Lipinski definition) is 3. The van der Waals surface area contributed by atoms with Crippen LogP contribution in [-0.2, 0) is 4.79 Å². The molecule has 0 aliphatic heterocycles. The van der Waals surface area contributed by atoms with Crippen LogP contribution in [0.15, 0.2) is 86.5 Å². The number of non-ortho nitro benzene ring substituents is 1. The topological polar surface area (TPSA) is 134 Å². The Morgan fingerprint density at radius 3 is 2.18 bits per heavy atom. The minimum atomic E-state index is -0.712. The quantitative estimate of drug-likeness (QED) is 0.159. The summed E-state index contributed by atoms with van der Waals surface area (Å²) in [7, 11) is 0. The molecule has 0 bridgehead atoms. The predicted molar refractivity (Wildman–Crippen MR) is 134 cm³/mol. The molecule has 3 aromatic rings. The van der Waals surface area contributed by atoms with Gasteiger partial charge in [-0.3, -0.25) is 19.7 Å². The minimum absolute atomic E-state index is 0.0260. The van der Waals surface area contributed by atoms with E-state index in [2.05, 4.69) is 47.7 Å². The summed E-state index contributed by atoms with van der Waals surface area (Å²) in [5.74, 6) is -1.20. The SMILES string of the molecule is O=C(NN=Cc1cc(Br)c(O)c(Br)c1)/C(=C\c1ccc([N+](=O)[O-])cc1)NC(=O)c1ccccc1. The van der Waals surface area contributed by atoms with E-state index in [-0.39, 0.29) is 17.1 Å². The number of phenols is 1. The summed E-state index contributed by atoms with van der Waals surface area (Å²) in [5.41, 5.74) is 3.49. The molecule has 2 amide bonds. The number of nitro groups is 1. The number of nitrogens with zero attached hydrogens (tertiary/aromatic N) is 2. The Bertz CT molecular complexity index is 1270. The Morgan fingerprint density at radius 1 is 0.971 bits per heavy atom. The fourth-order valence-corrected chi connectivity index (χ4v) is 3.91. The van der Waals surface area contributed by atoms with Crippen LogP contribution >= 0.6 is 31.9 Å². The molecule has 0 fully saturated rings. The number of carbonyl (C=O) groups is 2. The predicted octanol–water partition coefficient (Wildman–Crippen LogP) is 4.75. The van der Waals surface area contributed by atoms with Gasteiger partial charge < -0.3 is 10.4 Å². The molecular weight excluding hydrogens is 572 g/mol. The number of hydrogen-bond acceptors (Lipinski definition) is 6. The zero-order valence-corrected chi connectivity index (χ0v) is 20.4. The van der Waals surface area contributed by atoms with Gasteiger partial charge in [0.1, 0.15) is 11.4 Å². The van der Waals surface area contributed by atoms with E-state index in [9.17, 15) is 24.8 Å². The summed E-state index contributed by atoms with van der Waals surface area (Å²) < 4.78 is 0.868. The van der Waals surface area contributed by atoms with Gasteiger partial charge in [0.15, 0.2) is 0 Å². The van der Waals surface area contributed by atoms with Crippen molar-refractivity contribution in [2.75, 3.05) is 0 Å². The molecule has 0 saturated carbocycles. The Kier molecular flexibility index (Phi) is 8.28.